The molecule has 3 unspecified atom stereocenters. The largest absolute Gasteiger partial charge is 0.417 e. The highest BCUT2D eigenvalue weighted by Gasteiger charge is 2.53. The van der Waals surface area contributed by atoms with E-state index in [1.54, 1.807) is 10.4 Å². The van der Waals surface area contributed by atoms with Gasteiger partial charge in [-0.25, -0.2) is 13.4 Å². The molecule has 0 radical (unpaired) electrons. The molecule has 4 aliphatic rings. The Kier molecular flexibility index (Phi) is 4.49. The van der Waals surface area contributed by atoms with E-state index in [0.29, 0.717) is 18.5 Å². The summed E-state index contributed by atoms with van der Waals surface area (Å²) in [5.41, 5.74) is 6.04. The summed E-state index contributed by atoms with van der Waals surface area (Å²) in [6.07, 6.45) is 1.11. The first kappa shape index (κ1) is 20.8. The molecule has 0 aromatic heterocycles. The molecule has 168 valence electrons. The second-order valence-corrected chi connectivity index (χ2v) is 10.7. The SMILES string of the molecule is CS(=O)(=O)N1C2CCC1c1cc(NC3=NC(N)(C4CCC4)C(C(F)(F)F)=CN3)ccc12. The van der Waals surface area contributed by atoms with Gasteiger partial charge in [-0.2, -0.15) is 17.5 Å². The van der Waals surface area contributed by atoms with Crippen molar-refractivity contribution in [1.82, 2.24) is 9.62 Å². The van der Waals surface area contributed by atoms with Gasteiger partial charge in [0.05, 0.1) is 23.9 Å². The number of benzene rings is 1. The fraction of sp³-hybridized carbons (Fsp3) is 0.550. The maximum absolute atomic E-state index is 13.5. The maximum atomic E-state index is 13.5. The van der Waals surface area contributed by atoms with Gasteiger partial charge in [-0.05, 0) is 48.9 Å². The monoisotopic (exact) mass is 455 g/mol. The predicted octanol–water partition coefficient (Wildman–Crippen LogP) is 3.11. The van der Waals surface area contributed by atoms with E-state index in [0.717, 1.165) is 36.6 Å². The first-order valence-corrected chi connectivity index (χ1v) is 12.2. The number of hydrogen-bond donors (Lipinski definition) is 3. The molecule has 11 heteroatoms. The molecule has 31 heavy (non-hydrogen) atoms. The number of nitrogens with zero attached hydrogens (tertiary/aromatic N) is 2. The zero-order valence-corrected chi connectivity index (χ0v) is 17.7. The van der Waals surface area contributed by atoms with Crippen molar-refractivity contribution in [2.45, 2.75) is 56.0 Å². The Morgan fingerprint density at radius 3 is 2.45 bits per heavy atom. The van der Waals surface area contributed by atoms with Gasteiger partial charge in [0.2, 0.25) is 16.0 Å². The Labute approximate surface area is 178 Å². The Balaban J connectivity index is 1.43. The van der Waals surface area contributed by atoms with Crippen LogP contribution in [0.2, 0.25) is 0 Å². The number of nitrogens with one attached hydrogen (secondary N) is 2. The fourth-order valence-corrected chi connectivity index (χ4v) is 6.64. The van der Waals surface area contributed by atoms with E-state index in [4.69, 9.17) is 5.73 Å². The van der Waals surface area contributed by atoms with Gasteiger partial charge in [0.1, 0.15) is 5.66 Å². The number of rotatable bonds is 3. The zero-order valence-electron chi connectivity index (χ0n) is 16.9. The average Bonchev–Trinajstić information content (AvgIpc) is 3.16. The van der Waals surface area contributed by atoms with Crippen LogP contribution in [0.25, 0.3) is 0 Å². The van der Waals surface area contributed by atoms with E-state index in [2.05, 4.69) is 15.6 Å². The Morgan fingerprint density at radius 2 is 1.87 bits per heavy atom. The summed E-state index contributed by atoms with van der Waals surface area (Å²) >= 11 is 0. The van der Waals surface area contributed by atoms with Gasteiger partial charge < -0.3 is 16.4 Å². The van der Waals surface area contributed by atoms with Crippen LogP contribution in [-0.4, -0.2) is 36.8 Å². The molecular weight excluding hydrogens is 431 g/mol. The second-order valence-electron chi connectivity index (χ2n) is 8.78. The number of anilines is 1. The third kappa shape index (κ3) is 3.25. The molecule has 7 nitrogen and oxygen atoms in total. The number of nitrogens with two attached hydrogens (primary N) is 1. The minimum Gasteiger partial charge on any atom is -0.332 e. The van der Waals surface area contributed by atoms with E-state index in [-0.39, 0.29) is 24.0 Å². The summed E-state index contributed by atoms with van der Waals surface area (Å²) in [4.78, 5) is 4.25. The van der Waals surface area contributed by atoms with Gasteiger partial charge >= 0.3 is 6.18 Å². The molecule has 3 aliphatic heterocycles. The van der Waals surface area contributed by atoms with Crippen LogP contribution in [0.5, 0.6) is 0 Å². The van der Waals surface area contributed by atoms with E-state index < -0.39 is 27.4 Å². The molecule has 2 bridgehead atoms. The van der Waals surface area contributed by atoms with Gasteiger partial charge in [0.25, 0.3) is 0 Å². The second kappa shape index (κ2) is 6.69. The summed E-state index contributed by atoms with van der Waals surface area (Å²) in [6.45, 7) is 0. The summed E-state index contributed by atoms with van der Waals surface area (Å²) in [6, 6.07) is 5.16. The van der Waals surface area contributed by atoms with Crippen molar-refractivity contribution >= 4 is 21.7 Å². The summed E-state index contributed by atoms with van der Waals surface area (Å²) in [7, 11) is -3.34. The molecule has 1 aromatic rings. The lowest BCUT2D eigenvalue weighted by Crippen LogP contribution is -2.57. The lowest BCUT2D eigenvalue weighted by molar-refractivity contribution is -0.106. The van der Waals surface area contributed by atoms with Crippen LogP contribution >= 0.6 is 0 Å². The molecule has 0 amide bonds. The van der Waals surface area contributed by atoms with Crippen molar-refractivity contribution in [3.63, 3.8) is 0 Å². The van der Waals surface area contributed by atoms with E-state index >= 15 is 0 Å². The van der Waals surface area contributed by atoms with Crippen LogP contribution in [0, 0.1) is 5.92 Å². The highest BCUT2D eigenvalue weighted by atomic mass is 32.2. The van der Waals surface area contributed by atoms with Crippen molar-refractivity contribution < 1.29 is 21.6 Å². The number of hydrogen-bond acceptors (Lipinski definition) is 6. The van der Waals surface area contributed by atoms with Gasteiger partial charge in [0, 0.05) is 17.8 Å². The van der Waals surface area contributed by atoms with Crippen molar-refractivity contribution in [1.29, 1.82) is 0 Å². The van der Waals surface area contributed by atoms with E-state index in [1.165, 1.54) is 6.26 Å². The number of fused-ring (bicyclic) bond motifs is 5. The standard InChI is InChI=1S/C20H24F3N5O2S/c1-31(29,30)28-15-7-8-16(28)14-9-12(5-6-13(14)15)26-18-25-10-17(20(21,22)23)19(24,27-18)11-3-2-4-11/h5-6,9-11,15-16H,2-4,7-8,24H2,1H3,(H2,25,26,27). The lowest BCUT2D eigenvalue weighted by atomic mass is 9.72. The van der Waals surface area contributed by atoms with Crippen molar-refractivity contribution in [2.75, 3.05) is 11.6 Å². The fourth-order valence-electron chi connectivity index (χ4n) is 5.28. The first-order valence-electron chi connectivity index (χ1n) is 10.3. The normalized spacial score (nSPS) is 30.9. The molecule has 1 saturated carbocycles. The average molecular weight is 456 g/mol. The van der Waals surface area contributed by atoms with Crippen molar-refractivity contribution in [3.8, 4) is 0 Å². The maximum Gasteiger partial charge on any atom is 0.417 e. The number of guanidine groups is 1. The summed E-state index contributed by atoms with van der Waals surface area (Å²) in [5.74, 6) is -0.219. The van der Waals surface area contributed by atoms with Gasteiger partial charge in [-0.1, -0.05) is 12.5 Å². The number of aliphatic imine (C=N–C) groups is 1. The van der Waals surface area contributed by atoms with Crippen LogP contribution in [0.1, 0.15) is 55.3 Å². The van der Waals surface area contributed by atoms with Crippen LogP contribution in [-0.2, 0) is 10.0 Å². The van der Waals surface area contributed by atoms with Crippen molar-refractivity contribution in [2.24, 2.45) is 16.6 Å². The third-order valence-corrected chi connectivity index (χ3v) is 8.17. The molecule has 4 N–H and O–H groups in total. The van der Waals surface area contributed by atoms with E-state index in [1.807, 2.05) is 12.1 Å². The van der Waals surface area contributed by atoms with Gasteiger partial charge in [-0.3, -0.25) is 0 Å². The smallest absolute Gasteiger partial charge is 0.332 e. The quantitative estimate of drug-likeness (QED) is 0.651. The summed E-state index contributed by atoms with van der Waals surface area (Å²) in [5, 5.41) is 5.62. The molecule has 3 heterocycles. The molecule has 1 saturated heterocycles. The van der Waals surface area contributed by atoms with Crippen LogP contribution in [0.4, 0.5) is 18.9 Å². The van der Waals surface area contributed by atoms with Gasteiger partial charge in [0.15, 0.2) is 0 Å². The predicted molar refractivity (Wildman–Crippen MR) is 110 cm³/mol. The van der Waals surface area contributed by atoms with Crippen molar-refractivity contribution in [3.05, 3.63) is 41.1 Å². The minimum atomic E-state index is -4.58. The third-order valence-electron chi connectivity index (χ3n) is 6.89. The van der Waals surface area contributed by atoms with E-state index in [9.17, 15) is 21.6 Å². The number of halogens is 3. The molecule has 5 rings (SSSR count). The Hall–Kier alpha value is -2.11. The molecule has 1 aliphatic carbocycles. The molecule has 1 aromatic carbocycles. The highest BCUT2D eigenvalue weighted by molar-refractivity contribution is 7.88. The Morgan fingerprint density at radius 1 is 1.19 bits per heavy atom. The zero-order chi connectivity index (χ0) is 22.2. The first-order chi connectivity index (χ1) is 14.5. The molecule has 0 spiro atoms. The lowest BCUT2D eigenvalue weighted by Gasteiger charge is -2.43. The van der Waals surface area contributed by atoms with Crippen LogP contribution in [0.15, 0.2) is 35.0 Å². The highest BCUT2D eigenvalue weighted by Crippen LogP contribution is 2.54. The summed E-state index contributed by atoms with van der Waals surface area (Å²) < 4.78 is 66.6. The minimum absolute atomic E-state index is 0.144. The molecular formula is C20H24F3N5O2S. The Bertz CT molecular complexity index is 1100. The number of sulfonamides is 1. The van der Waals surface area contributed by atoms with Crippen LogP contribution < -0.4 is 16.4 Å². The molecule has 2 fully saturated rings. The molecule has 3 atom stereocenters. The van der Waals surface area contributed by atoms with Crippen LogP contribution in [0.3, 0.4) is 0 Å². The van der Waals surface area contributed by atoms with Gasteiger partial charge in [-0.15, -0.1) is 0 Å². The topological polar surface area (TPSA) is 99.8 Å². The number of alkyl halides is 3.